The third-order valence-corrected chi connectivity index (χ3v) is 5.21. The number of carbonyl (C=O) groups is 4. The lowest BCUT2D eigenvalue weighted by Gasteiger charge is -2.36. The minimum Gasteiger partial charge on any atom is -0.426 e. The van der Waals surface area contributed by atoms with Gasteiger partial charge in [0, 0.05) is 24.9 Å². The van der Waals surface area contributed by atoms with Gasteiger partial charge in [0.25, 0.3) is 0 Å². The van der Waals surface area contributed by atoms with Crippen LogP contribution in [0.2, 0.25) is 5.02 Å². The van der Waals surface area contributed by atoms with E-state index in [0.717, 1.165) is 12.8 Å². The number of rotatable bonds is 7. The molecule has 1 aliphatic rings. The van der Waals surface area contributed by atoms with E-state index in [9.17, 15) is 19.2 Å². The topological polar surface area (TPSA) is 111 Å². The number of nitrogens with one attached hydrogen (secondary N) is 2. The Morgan fingerprint density at radius 2 is 1.93 bits per heavy atom. The van der Waals surface area contributed by atoms with Crippen molar-refractivity contribution in [1.29, 1.82) is 0 Å². The third kappa shape index (κ3) is 5.93. The van der Waals surface area contributed by atoms with Crippen LogP contribution in [0.3, 0.4) is 0 Å². The Balaban J connectivity index is 1.94. The Bertz CT molecular complexity index is 784. The van der Waals surface area contributed by atoms with Crippen LogP contribution in [-0.4, -0.2) is 43.1 Å². The molecule has 1 aromatic rings. The Morgan fingerprint density at radius 1 is 1.21 bits per heavy atom. The SMILES string of the molecule is CC(=O)N[C@@H](C)C(=O)OCOC(=O)NC[C@@]1(c2ccccc2Cl)CCCCC1=O. The van der Waals surface area contributed by atoms with E-state index < -0.39 is 30.3 Å². The Kier molecular flexibility index (Phi) is 8.01. The van der Waals surface area contributed by atoms with Crippen LogP contribution >= 0.6 is 11.6 Å². The first-order valence-corrected chi connectivity index (χ1v) is 9.77. The molecular weight excluding hydrogens is 400 g/mol. The summed E-state index contributed by atoms with van der Waals surface area (Å²) < 4.78 is 9.65. The molecule has 2 rings (SSSR count). The van der Waals surface area contributed by atoms with Gasteiger partial charge in [-0.15, -0.1) is 0 Å². The van der Waals surface area contributed by atoms with Gasteiger partial charge in [-0.3, -0.25) is 9.59 Å². The highest BCUT2D eigenvalue weighted by Gasteiger charge is 2.43. The second-order valence-electron chi connectivity index (χ2n) is 6.98. The number of hydrogen-bond acceptors (Lipinski definition) is 6. The van der Waals surface area contributed by atoms with Crippen molar-refractivity contribution in [3.8, 4) is 0 Å². The number of esters is 1. The minimum absolute atomic E-state index is 0.0210. The number of halogens is 1. The van der Waals surface area contributed by atoms with E-state index in [4.69, 9.17) is 21.1 Å². The van der Waals surface area contributed by atoms with Crippen molar-refractivity contribution >= 4 is 35.4 Å². The zero-order chi connectivity index (χ0) is 21.4. The fraction of sp³-hybridized carbons (Fsp3) is 0.500. The lowest BCUT2D eigenvalue weighted by molar-refractivity contribution is -0.155. The zero-order valence-corrected chi connectivity index (χ0v) is 17.2. The van der Waals surface area contributed by atoms with Crippen LogP contribution in [0, 0.1) is 0 Å². The summed E-state index contributed by atoms with van der Waals surface area (Å²) in [6, 6.07) is 6.24. The van der Waals surface area contributed by atoms with Gasteiger partial charge >= 0.3 is 12.1 Å². The standard InChI is InChI=1S/C20H25ClN2O6/c1-13(23-14(2)24)18(26)28-12-29-19(27)22-11-20(10-6-5-9-17(20)25)15-7-3-4-8-16(15)21/h3-4,7-8,13H,5-6,9-12H2,1-2H3,(H,22,27)(H,23,24)/t13-,20+/m0/s1. The van der Waals surface area contributed by atoms with E-state index in [-0.39, 0.29) is 18.2 Å². The second kappa shape index (κ2) is 10.2. The third-order valence-electron chi connectivity index (χ3n) is 4.88. The number of hydrogen-bond donors (Lipinski definition) is 2. The number of Topliss-reactive ketones (excluding diaryl/α,β-unsaturated/α-hetero) is 1. The van der Waals surface area contributed by atoms with Crippen molar-refractivity contribution in [3.05, 3.63) is 34.9 Å². The molecule has 0 saturated heterocycles. The lowest BCUT2D eigenvalue weighted by atomic mass is 9.68. The molecule has 0 aliphatic heterocycles. The molecule has 0 unspecified atom stereocenters. The highest BCUT2D eigenvalue weighted by atomic mass is 35.5. The molecule has 1 aromatic carbocycles. The number of ketones is 1. The maximum Gasteiger partial charge on any atom is 0.410 e. The minimum atomic E-state index is -0.911. The van der Waals surface area contributed by atoms with Crippen LogP contribution in [0.5, 0.6) is 0 Å². The molecular formula is C20H25ClN2O6. The largest absolute Gasteiger partial charge is 0.426 e. The quantitative estimate of drug-likeness (QED) is 0.513. The summed E-state index contributed by atoms with van der Waals surface area (Å²) in [4.78, 5) is 47.4. The van der Waals surface area contributed by atoms with Crippen LogP contribution in [0.25, 0.3) is 0 Å². The first-order chi connectivity index (χ1) is 13.8. The number of carbonyl (C=O) groups excluding carboxylic acids is 4. The first kappa shape index (κ1) is 22.7. The van der Waals surface area contributed by atoms with E-state index >= 15 is 0 Å². The number of amides is 2. The average molecular weight is 425 g/mol. The van der Waals surface area contributed by atoms with E-state index in [0.29, 0.717) is 23.4 Å². The van der Waals surface area contributed by atoms with Crippen LogP contribution in [-0.2, 0) is 29.3 Å². The van der Waals surface area contributed by atoms with Crippen molar-refractivity contribution in [2.24, 2.45) is 0 Å². The molecule has 0 radical (unpaired) electrons. The fourth-order valence-electron chi connectivity index (χ4n) is 3.41. The Morgan fingerprint density at radius 3 is 2.59 bits per heavy atom. The molecule has 158 valence electrons. The van der Waals surface area contributed by atoms with Crippen molar-refractivity contribution in [2.45, 2.75) is 51.0 Å². The van der Waals surface area contributed by atoms with Gasteiger partial charge in [0.05, 0.1) is 5.41 Å². The van der Waals surface area contributed by atoms with Gasteiger partial charge in [0.2, 0.25) is 12.7 Å². The van der Waals surface area contributed by atoms with Gasteiger partial charge in [-0.1, -0.05) is 36.2 Å². The number of benzene rings is 1. The molecule has 1 fully saturated rings. The van der Waals surface area contributed by atoms with Gasteiger partial charge in [-0.05, 0) is 31.4 Å². The molecule has 9 heteroatoms. The molecule has 0 aromatic heterocycles. The molecule has 2 N–H and O–H groups in total. The predicted molar refractivity (Wildman–Crippen MR) is 105 cm³/mol. The normalized spacial score (nSPS) is 19.8. The van der Waals surface area contributed by atoms with Gasteiger partial charge in [-0.25, -0.2) is 9.59 Å². The average Bonchev–Trinajstić information content (AvgIpc) is 2.67. The maximum atomic E-state index is 12.8. The molecule has 2 amide bonds. The van der Waals surface area contributed by atoms with Crippen molar-refractivity contribution in [1.82, 2.24) is 10.6 Å². The summed E-state index contributed by atoms with van der Waals surface area (Å²) in [5.74, 6) is -1.09. The van der Waals surface area contributed by atoms with Crippen LogP contribution < -0.4 is 10.6 Å². The van der Waals surface area contributed by atoms with E-state index in [1.165, 1.54) is 13.8 Å². The summed E-state index contributed by atoms with van der Waals surface area (Å²) in [7, 11) is 0. The first-order valence-electron chi connectivity index (χ1n) is 9.39. The summed E-state index contributed by atoms with van der Waals surface area (Å²) in [5.41, 5.74) is -0.228. The lowest BCUT2D eigenvalue weighted by Crippen LogP contribution is -2.48. The highest BCUT2D eigenvalue weighted by Crippen LogP contribution is 2.39. The van der Waals surface area contributed by atoms with Gasteiger partial charge in [-0.2, -0.15) is 0 Å². The van der Waals surface area contributed by atoms with E-state index in [1.807, 2.05) is 0 Å². The smallest absolute Gasteiger partial charge is 0.410 e. The van der Waals surface area contributed by atoms with Crippen LogP contribution in [0.15, 0.2) is 24.3 Å². The summed E-state index contributed by atoms with van der Waals surface area (Å²) in [5, 5.41) is 5.42. The Hall–Kier alpha value is -2.61. The molecule has 0 spiro atoms. The highest BCUT2D eigenvalue weighted by molar-refractivity contribution is 6.31. The molecule has 2 atom stereocenters. The van der Waals surface area contributed by atoms with Crippen LogP contribution in [0.4, 0.5) is 4.79 Å². The molecule has 8 nitrogen and oxygen atoms in total. The van der Waals surface area contributed by atoms with Crippen molar-refractivity contribution in [2.75, 3.05) is 13.3 Å². The van der Waals surface area contributed by atoms with Crippen LogP contribution in [0.1, 0.15) is 45.1 Å². The number of ether oxygens (including phenoxy) is 2. The van der Waals surface area contributed by atoms with Crippen molar-refractivity contribution < 1.29 is 28.7 Å². The van der Waals surface area contributed by atoms with Gasteiger partial charge < -0.3 is 20.1 Å². The summed E-state index contributed by atoms with van der Waals surface area (Å²) in [6.07, 6.45) is 1.80. The fourth-order valence-corrected chi connectivity index (χ4v) is 3.73. The van der Waals surface area contributed by atoms with Crippen molar-refractivity contribution in [3.63, 3.8) is 0 Å². The van der Waals surface area contributed by atoms with E-state index in [2.05, 4.69) is 10.6 Å². The molecule has 0 bridgehead atoms. The molecule has 29 heavy (non-hydrogen) atoms. The Labute approximate surface area is 174 Å². The zero-order valence-electron chi connectivity index (χ0n) is 16.5. The summed E-state index contributed by atoms with van der Waals surface area (Å²) >= 11 is 6.33. The number of alkyl carbamates (subject to hydrolysis) is 1. The maximum absolute atomic E-state index is 12.8. The molecule has 0 heterocycles. The second-order valence-corrected chi connectivity index (χ2v) is 7.39. The van der Waals surface area contributed by atoms with Gasteiger partial charge in [0.1, 0.15) is 11.8 Å². The van der Waals surface area contributed by atoms with E-state index in [1.54, 1.807) is 24.3 Å². The molecule has 1 saturated carbocycles. The summed E-state index contributed by atoms with van der Waals surface area (Å²) in [6.45, 7) is 2.15. The predicted octanol–water partition coefficient (Wildman–Crippen LogP) is 2.47. The molecule has 1 aliphatic carbocycles. The monoisotopic (exact) mass is 424 g/mol. The van der Waals surface area contributed by atoms with Gasteiger partial charge in [0.15, 0.2) is 0 Å².